The normalized spacial score (nSPS) is 28.8. The van der Waals surface area contributed by atoms with Crippen molar-refractivity contribution in [2.75, 3.05) is 22.6 Å². The highest BCUT2D eigenvalue weighted by Crippen LogP contribution is 2.47. The Morgan fingerprint density at radius 2 is 1.97 bits per heavy atom. The van der Waals surface area contributed by atoms with E-state index in [1.807, 2.05) is 0 Å². The predicted octanol–water partition coefficient (Wildman–Crippen LogP) is 3.30. The maximum Gasteiger partial charge on any atom is 0.149 e. The van der Waals surface area contributed by atoms with Crippen molar-refractivity contribution in [1.82, 2.24) is 15.0 Å². The quantitative estimate of drug-likeness (QED) is 0.645. The number of rotatable bonds is 5. The number of piperidine rings is 1. The van der Waals surface area contributed by atoms with E-state index in [9.17, 15) is 14.6 Å². The van der Waals surface area contributed by atoms with Crippen molar-refractivity contribution in [2.24, 2.45) is 0 Å². The van der Waals surface area contributed by atoms with Gasteiger partial charge in [-0.25, -0.2) is 15.0 Å². The minimum absolute atomic E-state index is 0.0170. The number of fused-ring (bicyclic) bond motifs is 3. The van der Waals surface area contributed by atoms with Crippen LogP contribution in [0.2, 0.25) is 5.02 Å². The number of anilines is 2. The third kappa shape index (κ3) is 3.50. The van der Waals surface area contributed by atoms with Gasteiger partial charge in [0.05, 0.1) is 38.4 Å². The first kappa shape index (κ1) is 22.2. The summed E-state index contributed by atoms with van der Waals surface area (Å²) >= 11 is 5.98. The van der Waals surface area contributed by atoms with E-state index in [1.165, 1.54) is 0 Å². The van der Waals surface area contributed by atoms with E-state index in [0.29, 0.717) is 39.3 Å². The zero-order valence-electron chi connectivity index (χ0n) is 18.8. The first-order valence-electron chi connectivity index (χ1n) is 12.0. The number of nitrogens with one attached hydrogen (secondary N) is 1. The SMILES string of the molecule is N#Cc1c(N2C3CCC2CC(c2ncc(Cl)cn2)C3)nc(NC2(CO)CCC2)c2c1CC[S@@]2=O. The van der Waals surface area contributed by atoms with Gasteiger partial charge in [0, 0.05) is 36.1 Å². The number of aromatic nitrogens is 3. The maximum atomic E-state index is 12.9. The Bertz CT molecular complexity index is 1180. The van der Waals surface area contributed by atoms with Gasteiger partial charge in [0.15, 0.2) is 0 Å². The average Bonchev–Trinajstić information content (AvgIpc) is 3.32. The van der Waals surface area contributed by atoms with Crippen LogP contribution in [0.4, 0.5) is 11.6 Å². The van der Waals surface area contributed by atoms with Crippen LogP contribution >= 0.6 is 11.6 Å². The molecule has 3 fully saturated rings. The van der Waals surface area contributed by atoms with Crippen LogP contribution in [-0.4, -0.2) is 54.2 Å². The van der Waals surface area contributed by atoms with Crippen molar-refractivity contribution in [1.29, 1.82) is 5.26 Å². The second-order valence-corrected chi connectivity index (χ2v) is 12.0. The largest absolute Gasteiger partial charge is 0.394 e. The lowest BCUT2D eigenvalue weighted by molar-refractivity contribution is 0.143. The van der Waals surface area contributed by atoms with Crippen LogP contribution < -0.4 is 10.2 Å². The molecule has 0 aromatic carbocycles. The number of pyridine rings is 1. The summed E-state index contributed by atoms with van der Waals surface area (Å²) in [4.78, 5) is 16.9. The lowest BCUT2D eigenvalue weighted by Crippen LogP contribution is -2.49. The fourth-order valence-electron chi connectivity index (χ4n) is 6.22. The Hall–Kier alpha value is -2.28. The fraction of sp³-hybridized carbons (Fsp3) is 0.583. The fourth-order valence-corrected chi connectivity index (χ4v) is 7.70. The van der Waals surface area contributed by atoms with E-state index < -0.39 is 16.3 Å². The number of hydrogen-bond donors (Lipinski definition) is 2. The van der Waals surface area contributed by atoms with Crippen LogP contribution in [0, 0.1) is 11.3 Å². The summed E-state index contributed by atoms with van der Waals surface area (Å²) in [5, 5.41) is 24.2. The third-order valence-electron chi connectivity index (χ3n) is 8.09. The Kier molecular flexibility index (Phi) is 5.51. The summed E-state index contributed by atoms with van der Waals surface area (Å²) in [6.07, 6.45) is 10.6. The highest BCUT2D eigenvalue weighted by atomic mass is 35.5. The van der Waals surface area contributed by atoms with Crippen molar-refractivity contribution in [3.8, 4) is 6.07 Å². The highest BCUT2D eigenvalue weighted by molar-refractivity contribution is 7.85. The van der Waals surface area contributed by atoms with Gasteiger partial charge in [-0.2, -0.15) is 5.26 Å². The van der Waals surface area contributed by atoms with Crippen molar-refractivity contribution in [3.05, 3.63) is 34.4 Å². The van der Waals surface area contributed by atoms with E-state index in [4.69, 9.17) is 16.6 Å². The third-order valence-corrected chi connectivity index (χ3v) is 9.75. The highest BCUT2D eigenvalue weighted by Gasteiger charge is 2.45. The van der Waals surface area contributed by atoms with Gasteiger partial charge in [0.1, 0.15) is 23.5 Å². The molecule has 178 valence electrons. The lowest BCUT2D eigenvalue weighted by atomic mass is 9.77. The summed E-state index contributed by atoms with van der Waals surface area (Å²) in [6.45, 7) is 0.0170. The molecule has 5 heterocycles. The van der Waals surface area contributed by atoms with Gasteiger partial charge in [-0.15, -0.1) is 0 Å². The van der Waals surface area contributed by atoms with E-state index in [0.717, 1.165) is 56.3 Å². The van der Waals surface area contributed by atoms with Crippen LogP contribution in [0.25, 0.3) is 0 Å². The summed E-state index contributed by atoms with van der Waals surface area (Å²) in [5.74, 6) is 2.90. The molecule has 6 rings (SSSR count). The zero-order chi connectivity index (χ0) is 23.4. The molecule has 4 aliphatic rings. The van der Waals surface area contributed by atoms with Crippen molar-refractivity contribution >= 4 is 34.0 Å². The number of halogens is 1. The van der Waals surface area contributed by atoms with Crippen LogP contribution in [-0.2, 0) is 17.2 Å². The van der Waals surface area contributed by atoms with Crippen molar-refractivity contribution in [3.63, 3.8) is 0 Å². The summed E-state index contributed by atoms with van der Waals surface area (Å²) in [6, 6.07) is 2.90. The van der Waals surface area contributed by atoms with Gasteiger partial charge in [-0.1, -0.05) is 11.6 Å². The van der Waals surface area contributed by atoms with E-state index in [1.54, 1.807) is 12.4 Å². The molecular formula is C24H27ClN6O2S. The van der Waals surface area contributed by atoms with E-state index >= 15 is 0 Å². The van der Waals surface area contributed by atoms with E-state index in [2.05, 4.69) is 26.3 Å². The Morgan fingerprint density at radius 1 is 1.26 bits per heavy atom. The topological polar surface area (TPSA) is 115 Å². The Balaban J connectivity index is 1.38. The number of nitrogens with zero attached hydrogens (tertiary/aromatic N) is 5. The number of aliphatic hydroxyl groups excluding tert-OH is 1. The van der Waals surface area contributed by atoms with Crippen LogP contribution in [0.5, 0.6) is 0 Å². The molecule has 0 spiro atoms. The molecule has 10 heteroatoms. The Labute approximate surface area is 206 Å². The van der Waals surface area contributed by atoms with Gasteiger partial charge < -0.3 is 15.3 Å². The summed E-state index contributed by atoms with van der Waals surface area (Å²) in [7, 11) is -1.19. The molecule has 2 N–H and O–H groups in total. The summed E-state index contributed by atoms with van der Waals surface area (Å²) in [5.41, 5.74) is 1.02. The van der Waals surface area contributed by atoms with Crippen molar-refractivity contribution < 1.29 is 9.32 Å². The first-order chi connectivity index (χ1) is 16.5. The minimum Gasteiger partial charge on any atom is -0.394 e. The van der Waals surface area contributed by atoms with Crippen LogP contribution in [0.15, 0.2) is 17.3 Å². The standard InChI is InChI=1S/C24H27ClN6O2S/c25-15-11-27-21(28-12-15)14-8-16-2-3-17(9-14)31(16)23-19(10-26)18-4-7-34(33)20(18)22(29-23)30-24(13-32)5-1-6-24/h11-12,14,16-17,32H,1-9,13H2,(H,29,30)/t14?,16?,17?,34-/m0/s1. The predicted molar refractivity (Wildman–Crippen MR) is 130 cm³/mol. The van der Waals surface area contributed by atoms with Gasteiger partial charge in [-0.3, -0.25) is 4.21 Å². The first-order valence-corrected chi connectivity index (χ1v) is 13.7. The minimum atomic E-state index is -1.19. The van der Waals surface area contributed by atoms with Gasteiger partial charge >= 0.3 is 0 Å². The molecule has 0 amide bonds. The van der Waals surface area contributed by atoms with Gasteiger partial charge in [0.2, 0.25) is 0 Å². The molecule has 2 unspecified atom stereocenters. The molecule has 3 atom stereocenters. The monoisotopic (exact) mass is 498 g/mol. The van der Waals surface area contributed by atoms with Gasteiger partial charge in [0.25, 0.3) is 0 Å². The number of hydrogen-bond acceptors (Lipinski definition) is 8. The molecule has 3 aliphatic heterocycles. The molecule has 0 radical (unpaired) electrons. The van der Waals surface area contributed by atoms with Gasteiger partial charge in [-0.05, 0) is 56.9 Å². The molecule has 2 aromatic heterocycles. The molecule has 34 heavy (non-hydrogen) atoms. The molecule has 2 aromatic rings. The molecule has 1 aliphatic carbocycles. The average molecular weight is 499 g/mol. The maximum absolute atomic E-state index is 12.9. The van der Waals surface area contributed by atoms with Crippen LogP contribution in [0.1, 0.15) is 67.8 Å². The molecular weight excluding hydrogens is 472 g/mol. The summed E-state index contributed by atoms with van der Waals surface area (Å²) < 4.78 is 12.9. The molecule has 2 bridgehead atoms. The molecule has 1 saturated carbocycles. The lowest BCUT2D eigenvalue weighted by Gasteiger charge is -2.43. The smallest absolute Gasteiger partial charge is 0.149 e. The molecule has 2 saturated heterocycles. The Morgan fingerprint density at radius 3 is 2.56 bits per heavy atom. The zero-order valence-corrected chi connectivity index (χ0v) is 20.4. The second-order valence-electron chi connectivity index (χ2n) is 10.0. The number of aliphatic hydroxyl groups is 1. The molecule has 8 nitrogen and oxygen atoms in total. The number of nitriles is 1. The second kappa shape index (κ2) is 8.43. The van der Waals surface area contributed by atoms with E-state index in [-0.39, 0.29) is 24.6 Å². The van der Waals surface area contributed by atoms with Crippen LogP contribution in [0.3, 0.4) is 0 Å². The van der Waals surface area contributed by atoms with Crippen molar-refractivity contribution in [2.45, 2.75) is 79.8 Å².